The van der Waals surface area contributed by atoms with Crippen molar-refractivity contribution in [3.8, 4) is 22.6 Å². The van der Waals surface area contributed by atoms with Crippen LogP contribution in [0.2, 0.25) is 0 Å². The highest BCUT2D eigenvalue weighted by Crippen LogP contribution is 2.80. The zero-order valence-corrected chi connectivity index (χ0v) is 34.4. The van der Waals surface area contributed by atoms with Crippen LogP contribution in [0.4, 0.5) is 0 Å². The molecular weight excluding hydrogens is 752 g/mol. The minimum Gasteiger partial charge on any atom is -0.492 e. The maximum absolute atomic E-state index is 6.57. The summed E-state index contributed by atoms with van der Waals surface area (Å²) in [5.41, 5.74) is 2.47. The fourth-order valence-electron chi connectivity index (χ4n) is 7.01. The fourth-order valence-corrected chi connectivity index (χ4v) is 12.5. The van der Waals surface area contributed by atoms with E-state index in [1.807, 2.05) is 0 Å². The Morgan fingerprint density at radius 2 is 0.898 bits per heavy atom. The fraction of sp³-hybridized carbons (Fsp3) is 0.455. The molecule has 2 atom stereocenters. The van der Waals surface area contributed by atoms with E-state index in [1.165, 1.54) is 69.2 Å². The van der Waals surface area contributed by atoms with Crippen LogP contribution in [0.1, 0.15) is 92.9 Å². The van der Waals surface area contributed by atoms with Crippen molar-refractivity contribution in [1.29, 1.82) is 0 Å². The summed E-state index contributed by atoms with van der Waals surface area (Å²) in [6.07, 6.45) is 9.81. The van der Waals surface area contributed by atoms with Gasteiger partial charge in [0.15, 0.2) is 0 Å². The molecule has 1 heterocycles. The summed E-state index contributed by atoms with van der Waals surface area (Å²) in [6, 6.07) is 31.4. The molecule has 2 unspecified atom stereocenters. The van der Waals surface area contributed by atoms with Crippen molar-refractivity contribution >= 4 is 41.9 Å². The van der Waals surface area contributed by atoms with Gasteiger partial charge in [0.05, 0.1) is 22.2 Å². The van der Waals surface area contributed by atoms with E-state index < -0.39 is 10.0 Å². The van der Waals surface area contributed by atoms with Gasteiger partial charge in [0.25, 0.3) is 0 Å². The molecule has 0 bridgehead atoms. The van der Waals surface area contributed by atoms with E-state index >= 15 is 0 Å². The Labute approximate surface area is 315 Å². The van der Waals surface area contributed by atoms with Crippen molar-refractivity contribution in [3.63, 3.8) is 0 Å². The van der Waals surface area contributed by atoms with E-state index in [1.54, 1.807) is 0 Å². The largest absolute Gasteiger partial charge is 0.492 e. The molecule has 1 aliphatic rings. The molecule has 0 spiro atoms. The topological polar surface area (TPSA) is 18.5 Å². The molecule has 0 aromatic heterocycles. The van der Waals surface area contributed by atoms with E-state index in [2.05, 4.69) is 158 Å². The quantitative estimate of drug-likeness (QED) is 0.0878. The number of rotatable bonds is 18. The normalized spacial score (nSPS) is 15.1. The monoisotopic (exact) mass is 806 g/mol. The van der Waals surface area contributed by atoms with Gasteiger partial charge in [-0.3, -0.25) is 0 Å². The third-order valence-electron chi connectivity index (χ3n) is 9.90. The summed E-state index contributed by atoms with van der Waals surface area (Å²) in [7, 11) is -1.79. The Balaban J connectivity index is 1.51. The Morgan fingerprint density at radius 3 is 1.27 bits per heavy atom. The number of fused-ring (bicyclic) bond motifs is 3. The maximum atomic E-state index is 6.57. The van der Waals surface area contributed by atoms with Gasteiger partial charge < -0.3 is 9.47 Å². The van der Waals surface area contributed by atoms with E-state index in [4.69, 9.17) is 9.47 Å². The van der Waals surface area contributed by atoms with Crippen molar-refractivity contribution < 1.29 is 9.47 Å². The molecule has 2 nitrogen and oxygen atoms in total. The van der Waals surface area contributed by atoms with Crippen molar-refractivity contribution in [2.24, 2.45) is 23.7 Å². The lowest BCUT2D eigenvalue weighted by atomic mass is 9.98. The first-order valence-corrected chi connectivity index (χ1v) is 21.7. The SMILES string of the molecule is CC(C)CCCC(C)CCOc1cc2c(cc1Br)S(c1ccccc1)(c1ccccc1)c1cc(Br)c(OCCC(C)CCCC(C)C)cc1-2. The lowest BCUT2D eigenvalue weighted by Gasteiger charge is -2.39. The van der Waals surface area contributed by atoms with E-state index in [9.17, 15) is 0 Å². The molecule has 5 rings (SSSR count). The minimum atomic E-state index is -1.79. The molecule has 4 aromatic carbocycles. The van der Waals surface area contributed by atoms with Crippen LogP contribution in [0.3, 0.4) is 0 Å². The van der Waals surface area contributed by atoms with Crippen LogP contribution < -0.4 is 9.47 Å². The zero-order valence-electron chi connectivity index (χ0n) is 30.4. The summed E-state index contributed by atoms with van der Waals surface area (Å²) >= 11 is 7.95. The van der Waals surface area contributed by atoms with Gasteiger partial charge in [-0.1, -0.05) is 116 Å². The van der Waals surface area contributed by atoms with Crippen molar-refractivity contribution in [3.05, 3.63) is 93.9 Å². The highest BCUT2D eigenvalue weighted by molar-refractivity contribution is 9.11. The first-order chi connectivity index (χ1) is 23.6. The van der Waals surface area contributed by atoms with Gasteiger partial charge >= 0.3 is 0 Å². The Morgan fingerprint density at radius 1 is 0.510 bits per heavy atom. The molecule has 0 saturated heterocycles. The van der Waals surface area contributed by atoms with Gasteiger partial charge in [-0.2, -0.15) is 0 Å². The van der Waals surface area contributed by atoms with Crippen LogP contribution in [-0.2, 0) is 0 Å². The number of hydrogen-bond donors (Lipinski definition) is 0. The summed E-state index contributed by atoms with van der Waals surface area (Å²) < 4.78 is 15.2. The average Bonchev–Trinajstić information content (AvgIpc) is 3.33. The first kappa shape index (κ1) is 38.0. The van der Waals surface area contributed by atoms with Gasteiger partial charge in [0.2, 0.25) is 0 Å². The van der Waals surface area contributed by atoms with Crippen LogP contribution in [0.5, 0.6) is 11.5 Å². The minimum absolute atomic E-state index is 0.649. The van der Waals surface area contributed by atoms with Crippen LogP contribution >= 0.6 is 41.9 Å². The standard InChI is InChI=1S/C44H56Br2O2S/c1-31(2)15-13-17-33(5)23-25-47-41-27-37-38-28-42(48-26-24-34(6)18-14-16-32(3)4)40(46)30-44(38)49(43(37)29-39(41)45,35-19-9-7-10-20-35)36-21-11-8-12-22-36/h7-12,19-22,27-34H,13-18,23-26H2,1-6H3. The van der Waals surface area contributed by atoms with Gasteiger partial charge in [0.1, 0.15) is 11.5 Å². The maximum Gasteiger partial charge on any atom is 0.134 e. The number of ether oxygens (including phenoxy) is 2. The molecule has 0 radical (unpaired) electrons. The van der Waals surface area contributed by atoms with E-state index in [0.29, 0.717) is 25.0 Å². The van der Waals surface area contributed by atoms with Crippen molar-refractivity contribution in [2.75, 3.05) is 13.2 Å². The predicted molar refractivity (Wildman–Crippen MR) is 217 cm³/mol. The van der Waals surface area contributed by atoms with Crippen LogP contribution in [0, 0.1) is 23.7 Å². The molecule has 264 valence electrons. The molecule has 0 fully saturated rings. The predicted octanol–water partition coefficient (Wildman–Crippen LogP) is 15.0. The Kier molecular flexibility index (Phi) is 13.8. The highest BCUT2D eigenvalue weighted by Gasteiger charge is 2.43. The van der Waals surface area contributed by atoms with Crippen molar-refractivity contribution in [1.82, 2.24) is 0 Å². The third kappa shape index (κ3) is 9.18. The highest BCUT2D eigenvalue weighted by atomic mass is 79.9. The zero-order chi connectivity index (χ0) is 35.0. The molecule has 0 aliphatic carbocycles. The lowest BCUT2D eigenvalue weighted by Crippen LogP contribution is -2.06. The van der Waals surface area contributed by atoms with E-state index in [-0.39, 0.29) is 0 Å². The van der Waals surface area contributed by atoms with E-state index in [0.717, 1.165) is 45.1 Å². The summed E-state index contributed by atoms with van der Waals surface area (Å²) in [6.45, 7) is 15.4. The van der Waals surface area contributed by atoms with Crippen LogP contribution in [-0.4, -0.2) is 13.2 Å². The van der Waals surface area contributed by atoms with Crippen LogP contribution in [0.25, 0.3) is 11.1 Å². The molecule has 5 heteroatoms. The summed E-state index contributed by atoms with van der Waals surface area (Å²) in [4.78, 5) is 5.33. The van der Waals surface area contributed by atoms with Gasteiger partial charge in [-0.25, -0.2) is 0 Å². The lowest BCUT2D eigenvalue weighted by molar-refractivity contribution is 0.274. The summed E-state index contributed by atoms with van der Waals surface area (Å²) in [5.74, 6) is 4.66. The number of halogens is 2. The number of hydrogen-bond acceptors (Lipinski definition) is 2. The molecule has 49 heavy (non-hydrogen) atoms. The average molecular weight is 809 g/mol. The Hall–Kier alpha value is -2.21. The molecule has 1 aliphatic heterocycles. The summed E-state index contributed by atoms with van der Waals surface area (Å²) in [5, 5.41) is 0. The van der Waals surface area contributed by atoms with Crippen LogP contribution in [0.15, 0.2) is 113 Å². The second-order valence-electron chi connectivity index (χ2n) is 14.9. The number of benzene rings is 4. The molecule has 4 aromatic rings. The first-order valence-electron chi connectivity index (χ1n) is 18.5. The van der Waals surface area contributed by atoms with Gasteiger partial charge in [-0.15, -0.1) is 10.0 Å². The van der Waals surface area contributed by atoms with Gasteiger partial charge in [0, 0.05) is 19.6 Å². The second-order valence-corrected chi connectivity index (χ2v) is 19.7. The van der Waals surface area contributed by atoms with Gasteiger partial charge in [-0.05, 0) is 128 Å². The molecule has 0 saturated carbocycles. The van der Waals surface area contributed by atoms with Crippen molar-refractivity contribution in [2.45, 2.75) is 112 Å². The molecular formula is C44H56Br2O2S. The molecule has 0 N–H and O–H groups in total. The Bertz CT molecular complexity index is 1510. The third-order valence-corrected chi connectivity index (χ3v) is 15.1. The second kappa shape index (κ2) is 17.8. The smallest absolute Gasteiger partial charge is 0.134 e. The molecule has 0 amide bonds.